The first-order chi connectivity index (χ1) is 7.83. The van der Waals surface area contributed by atoms with E-state index < -0.39 is 0 Å². The standard InChI is InChI=1S/C11H15BrN4/c12-10-6-13-11(15-14-10)16-5-1-2-9(7-16)8-3-4-8/h6,8-9H,1-5,7H2/t9-/m1/s1. The van der Waals surface area contributed by atoms with Gasteiger partial charge in [-0.1, -0.05) is 0 Å². The molecule has 1 aliphatic carbocycles. The molecule has 1 saturated heterocycles. The Morgan fingerprint density at radius 3 is 2.75 bits per heavy atom. The zero-order valence-electron chi connectivity index (χ0n) is 9.14. The van der Waals surface area contributed by atoms with Crippen molar-refractivity contribution in [2.24, 2.45) is 11.8 Å². The third-order valence-corrected chi connectivity index (χ3v) is 3.91. The van der Waals surface area contributed by atoms with Crippen molar-refractivity contribution >= 4 is 21.9 Å². The molecular weight excluding hydrogens is 268 g/mol. The van der Waals surface area contributed by atoms with Gasteiger partial charge in [0.25, 0.3) is 0 Å². The SMILES string of the molecule is Brc1cnc(N2CCC[C@@H](C3CC3)C2)nn1. The fourth-order valence-electron chi connectivity index (χ4n) is 2.54. The lowest BCUT2D eigenvalue weighted by atomic mass is 9.94. The average molecular weight is 283 g/mol. The lowest BCUT2D eigenvalue weighted by molar-refractivity contribution is 0.370. The molecule has 1 aliphatic heterocycles. The van der Waals surface area contributed by atoms with Crippen LogP contribution in [0, 0.1) is 11.8 Å². The summed E-state index contributed by atoms with van der Waals surface area (Å²) in [5, 5.41) is 8.14. The molecule has 86 valence electrons. The van der Waals surface area contributed by atoms with Crippen molar-refractivity contribution in [3.8, 4) is 0 Å². The van der Waals surface area contributed by atoms with Gasteiger partial charge in [-0.25, -0.2) is 4.98 Å². The molecule has 4 nitrogen and oxygen atoms in total. The van der Waals surface area contributed by atoms with E-state index in [-0.39, 0.29) is 0 Å². The van der Waals surface area contributed by atoms with E-state index in [0.29, 0.717) is 4.60 Å². The number of hydrogen-bond acceptors (Lipinski definition) is 4. The number of anilines is 1. The zero-order chi connectivity index (χ0) is 11.0. The number of piperidine rings is 1. The molecule has 1 aromatic rings. The van der Waals surface area contributed by atoms with E-state index in [4.69, 9.17) is 0 Å². The number of hydrogen-bond donors (Lipinski definition) is 0. The first-order valence-electron chi connectivity index (χ1n) is 5.93. The lowest BCUT2D eigenvalue weighted by Gasteiger charge is -2.32. The molecule has 0 spiro atoms. The molecule has 0 N–H and O–H groups in total. The van der Waals surface area contributed by atoms with Gasteiger partial charge in [-0.3, -0.25) is 0 Å². The summed E-state index contributed by atoms with van der Waals surface area (Å²) in [5.74, 6) is 2.63. The van der Waals surface area contributed by atoms with Crippen molar-refractivity contribution in [2.75, 3.05) is 18.0 Å². The van der Waals surface area contributed by atoms with Gasteiger partial charge in [-0.2, -0.15) is 0 Å². The Kier molecular flexibility index (Phi) is 2.79. The Morgan fingerprint density at radius 1 is 1.19 bits per heavy atom. The molecule has 0 unspecified atom stereocenters. The molecule has 1 aromatic heterocycles. The number of aromatic nitrogens is 3. The summed E-state index contributed by atoms with van der Waals surface area (Å²) < 4.78 is 0.701. The number of rotatable bonds is 2. The summed E-state index contributed by atoms with van der Waals surface area (Å²) in [6.07, 6.45) is 7.23. The minimum atomic E-state index is 0.701. The first-order valence-corrected chi connectivity index (χ1v) is 6.72. The second-order valence-electron chi connectivity index (χ2n) is 4.77. The van der Waals surface area contributed by atoms with E-state index in [9.17, 15) is 0 Å². The first kappa shape index (κ1) is 10.4. The quantitative estimate of drug-likeness (QED) is 0.835. The predicted molar refractivity (Wildman–Crippen MR) is 65.2 cm³/mol. The fraction of sp³-hybridized carbons (Fsp3) is 0.727. The molecule has 1 atom stereocenters. The number of halogens is 1. The van der Waals surface area contributed by atoms with Crippen LogP contribution in [-0.2, 0) is 0 Å². The van der Waals surface area contributed by atoms with Crippen LogP contribution in [0.25, 0.3) is 0 Å². The topological polar surface area (TPSA) is 41.9 Å². The van der Waals surface area contributed by atoms with Crippen molar-refractivity contribution in [1.82, 2.24) is 15.2 Å². The van der Waals surface area contributed by atoms with Crippen LogP contribution in [0.1, 0.15) is 25.7 Å². The zero-order valence-corrected chi connectivity index (χ0v) is 10.7. The maximum atomic E-state index is 4.32. The van der Waals surface area contributed by atoms with Gasteiger partial charge in [0.1, 0.15) is 4.60 Å². The maximum absolute atomic E-state index is 4.32. The summed E-state index contributed by atoms with van der Waals surface area (Å²) in [6, 6.07) is 0. The van der Waals surface area contributed by atoms with Gasteiger partial charge in [-0.05, 0) is 53.4 Å². The Bertz CT molecular complexity index is 363. The molecule has 5 heteroatoms. The molecule has 16 heavy (non-hydrogen) atoms. The Hall–Kier alpha value is -0.710. The van der Waals surface area contributed by atoms with Crippen molar-refractivity contribution in [1.29, 1.82) is 0 Å². The number of nitrogens with zero attached hydrogens (tertiary/aromatic N) is 4. The summed E-state index contributed by atoms with van der Waals surface area (Å²) in [4.78, 5) is 6.61. The summed E-state index contributed by atoms with van der Waals surface area (Å²) >= 11 is 3.26. The highest BCUT2D eigenvalue weighted by molar-refractivity contribution is 9.10. The molecule has 1 saturated carbocycles. The smallest absolute Gasteiger partial charge is 0.245 e. The normalized spacial score (nSPS) is 25.8. The summed E-state index contributed by atoms with van der Waals surface area (Å²) in [5.41, 5.74) is 0. The fourth-order valence-corrected chi connectivity index (χ4v) is 2.73. The lowest BCUT2D eigenvalue weighted by Crippen LogP contribution is -2.37. The minimum Gasteiger partial charge on any atom is -0.339 e. The van der Waals surface area contributed by atoms with E-state index in [1.54, 1.807) is 6.20 Å². The van der Waals surface area contributed by atoms with Crippen LogP contribution < -0.4 is 4.90 Å². The van der Waals surface area contributed by atoms with E-state index >= 15 is 0 Å². The van der Waals surface area contributed by atoms with Crippen molar-refractivity contribution < 1.29 is 0 Å². The highest BCUT2D eigenvalue weighted by Gasteiger charge is 2.34. The predicted octanol–water partition coefficient (Wildman–Crippen LogP) is 2.26. The van der Waals surface area contributed by atoms with Crippen LogP contribution in [-0.4, -0.2) is 28.3 Å². The van der Waals surface area contributed by atoms with Crippen LogP contribution >= 0.6 is 15.9 Å². The van der Waals surface area contributed by atoms with E-state index in [1.807, 2.05) is 0 Å². The van der Waals surface area contributed by atoms with Gasteiger partial charge < -0.3 is 4.90 Å². The third-order valence-electron chi connectivity index (χ3n) is 3.55. The molecule has 0 bridgehead atoms. The maximum Gasteiger partial charge on any atom is 0.245 e. The van der Waals surface area contributed by atoms with Crippen molar-refractivity contribution in [3.05, 3.63) is 10.8 Å². The summed E-state index contributed by atoms with van der Waals surface area (Å²) in [7, 11) is 0. The molecule has 2 heterocycles. The second-order valence-corrected chi connectivity index (χ2v) is 5.58. The van der Waals surface area contributed by atoms with E-state index in [0.717, 1.165) is 30.9 Å². The largest absolute Gasteiger partial charge is 0.339 e. The van der Waals surface area contributed by atoms with Crippen molar-refractivity contribution in [2.45, 2.75) is 25.7 Å². The minimum absolute atomic E-state index is 0.701. The second kappa shape index (κ2) is 4.28. The Balaban J connectivity index is 1.71. The molecule has 0 amide bonds. The average Bonchev–Trinajstić information content (AvgIpc) is 3.14. The summed E-state index contributed by atoms with van der Waals surface area (Å²) in [6.45, 7) is 2.19. The van der Waals surface area contributed by atoms with Crippen LogP contribution in [0.5, 0.6) is 0 Å². The highest BCUT2D eigenvalue weighted by Crippen LogP contribution is 2.41. The molecule has 0 radical (unpaired) electrons. The highest BCUT2D eigenvalue weighted by atomic mass is 79.9. The van der Waals surface area contributed by atoms with E-state index in [2.05, 4.69) is 36.0 Å². The Morgan fingerprint density at radius 2 is 2.06 bits per heavy atom. The van der Waals surface area contributed by atoms with Crippen LogP contribution in [0.15, 0.2) is 10.8 Å². The van der Waals surface area contributed by atoms with Gasteiger partial charge in [0.05, 0.1) is 6.20 Å². The van der Waals surface area contributed by atoms with E-state index in [1.165, 1.54) is 25.7 Å². The van der Waals surface area contributed by atoms with Gasteiger partial charge in [0.2, 0.25) is 5.95 Å². The van der Waals surface area contributed by atoms with Crippen LogP contribution in [0.2, 0.25) is 0 Å². The van der Waals surface area contributed by atoms with Gasteiger partial charge in [0, 0.05) is 13.1 Å². The molecule has 3 rings (SSSR count). The monoisotopic (exact) mass is 282 g/mol. The van der Waals surface area contributed by atoms with Gasteiger partial charge in [0.15, 0.2) is 0 Å². The third kappa shape index (κ3) is 2.19. The molecular formula is C11H15BrN4. The molecule has 2 aliphatic rings. The van der Waals surface area contributed by atoms with Crippen LogP contribution in [0.4, 0.5) is 5.95 Å². The molecule has 2 fully saturated rings. The van der Waals surface area contributed by atoms with Crippen LogP contribution in [0.3, 0.4) is 0 Å². The van der Waals surface area contributed by atoms with Gasteiger partial charge >= 0.3 is 0 Å². The van der Waals surface area contributed by atoms with Gasteiger partial charge in [-0.15, -0.1) is 10.2 Å². The Labute approximate surface area is 104 Å². The van der Waals surface area contributed by atoms with Crippen molar-refractivity contribution in [3.63, 3.8) is 0 Å². The molecule has 0 aromatic carbocycles.